The molecular formula is C24H31N4OPS. The van der Waals surface area contributed by atoms with Crippen LogP contribution in [0.3, 0.4) is 0 Å². The summed E-state index contributed by atoms with van der Waals surface area (Å²) in [6.07, 6.45) is 6.63. The highest BCUT2D eigenvalue weighted by molar-refractivity contribution is 8.16. The number of fused-ring (bicyclic) bond motifs is 1. The average molecular weight is 455 g/mol. The van der Waals surface area contributed by atoms with Crippen molar-refractivity contribution in [2.24, 2.45) is 5.41 Å². The Balaban J connectivity index is 1.62. The summed E-state index contributed by atoms with van der Waals surface area (Å²) in [5.74, 6) is 0.908. The highest BCUT2D eigenvalue weighted by atomic mass is 32.4. The first-order chi connectivity index (χ1) is 15.0. The molecule has 0 unspecified atom stereocenters. The van der Waals surface area contributed by atoms with Gasteiger partial charge in [-0.1, -0.05) is 49.9 Å². The van der Waals surface area contributed by atoms with Gasteiger partial charge in [0.05, 0.1) is 29.5 Å². The molecule has 0 saturated carbocycles. The van der Waals surface area contributed by atoms with E-state index in [1.807, 2.05) is 18.2 Å². The molecular weight excluding hydrogens is 423 g/mol. The van der Waals surface area contributed by atoms with Crippen LogP contribution in [0.2, 0.25) is 0 Å². The second-order valence-electron chi connectivity index (χ2n) is 9.32. The first-order valence-corrected chi connectivity index (χ1v) is 13.9. The zero-order valence-corrected chi connectivity index (χ0v) is 20.0. The largest absolute Gasteiger partial charge is 0.468 e. The Hall–Kier alpha value is -2.01. The van der Waals surface area contributed by atoms with Crippen LogP contribution in [-0.4, -0.2) is 18.0 Å². The third-order valence-corrected chi connectivity index (χ3v) is 10.3. The molecule has 7 heteroatoms. The van der Waals surface area contributed by atoms with E-state index >= 15 is 0 Å². The van der Waals surface area contributed by atoms with Gasteiger partial charge in [0.25, 0.3) is 0 Å². The molecule has 5 rings (SSSR count). The van der Waals surface area contributed by atoms with Gasteiger partial charge in [-0.05, 0) is 55.4 Å². The molecule has 1 aliphatic carbocycles. The van der Waals surface area contributed by atoms with E-state index in [2.05, 4.69) is 64.4 Å². The molecule has 2 aliphatic heterocycles. The van der Waals surface area contributed by atoms with Crippen LogP contribution in [0.5, 0.6) is 0 Å². The maximum absolute atomic E-state index is 6.56. The van der Waals surface area contributed by atoms with Crippen LogP contribution in [0.4, 0.5) is 5.69 Å². The van der Waals surface area contributed by atoms with Crippen molar-refractivity contribution < 1.29 is 4.42 Å². The van der Waals surface area contributed by atoms with Crippen molar-refractivity contribution in [1.82, 2.24) is 15.4 Å². The molecule has 2 N–H and O–H groups in total. The standard InChI is InChI=1S/C24H31N4OPS/c1-24(2)16-21-23(22(17-24)27-13-7-4-8-14-27)30(31,25-18-20-12-9-15-29-20)28(26-21)19-10-5-3-6-11-19/h3,5-6,9-12,15-16,26H,4,7-8,13-14,17-18H2,1-2H3,(H,25,31)/t30-/m0/s1. The minimum absolute atomic E-state index is 0.0898. The number of para-hydroxylation sites is 1. The quantitative estimate of drug-likeness (QED) is 0.564. The highest BCUT2D eigenvalue weighted by Crippen LogP contribution is 2.65. The molecule has 1 aromatic carbocycles. The summed E-state index contributed by atoms with van der Waals surface area (Å²) in [5, 5.41) is 5.08. The van der Waals surface area contributed by atoms with Crippen LogP contribution in [0.15, 0.2) is 75.9 Å². The molecule has 0 spiro atoms. The highest BCUT2D eigenvalue weighted by Gasteiger charge is 2.46. The number of benzene rings is 1. The predicted octanol–water partition coefficient (Wildman–Crippen LogP) is 5.71. The summed E-state index contributed by atoms with van der Waals surface area (Å²) in [5.41, 5.74) is 7.51. The lowest BCUT2D eigenvalue weighted by atomic mass is 9.82. The average Bonchev–Trinajstić information content (AvgIpc) is 3.39. The summed E-state index contributed by atoms with van der Waals surface area (Å²) in [6, 6.07) is 14.4. The maximum atomic E-state index is 6.56. The number of rotatable bonds is 5. The normalized spacial score (nSPS) is 25.3. The van der Waals surface area contributed by atoms with Gasteiger partial charge in [-0.3, -0.25) is 10.5 Å². The molecule has 2 saturated heterocycles. The van der Waals surface area contributed by atoms with Crippen molar-refractivity contribution in [3.05, 3.63) is 77.3 Å². The first kappa shape index (κ1) is 20.9. The van der Waals surface area contributed by atoms with Gasteiger partial charge in [0.2, 0.25) is 0 Å². The van der Waals surface area contributed by atoms with Crippen molar-refractivity contribution in [2.45, 2.75) is 46.1 Å². The molecule has 3 aliphatic rings. The third-order valence-electron chi connectivity index (χ3n) is 6.28. The van der Waals surface area contributed by atoms with Crippen molar-refractivity contribution >= 4 is 23.8 Å². The van der Waals surface area contributed by atoms with Crippen molar-refractivity contribution in [2.75, 3.05) is 17.9 Å². The van der Waals surface area contributed by atoms with Gasteiger partial charge in [-0.2, -0.15) is 0 Å². The van der Waals surface area contributed by atoms with Gasteiger partial charge in [0.15, 0.2) is 0 Å². The SMILES string of the molecule is CC1(C)C=C2NN(c3ccccc3)[P@@](=S)(NCc3ccco3)C2=C(N2CCCCC2)C1. The maximum Gasteiger partial charge on any atom is 0.150 e. The van der Waals surface area contributed by atoms with Gasteiger partial charge < -0.3 is 9.32 Å². The molecule has 0 radical (unpaired) electrons. The smallest absolute Gasteiger partial charge is 0.150 e. The lowest BCUT2D eigenvalue weighted by Crippen LogP contribution is -2.34. The van der Waals surface area contributed by atoms with Gasteiger partial charge in [-0.25, -0.2) is 4.78 Å². The summed E-state index contributed by atoms with van der Waals surface area (Å²) < 4.78 is 7.84. The van der Waals surface area contributed by atoms with E-state index in [0.29, 0.717) is 6.54 Å². The fourth-order valence-corrected chi connectivity index (χ4v) is 8.66. The summed E-state index contributed by atoms with van der Waals surface area (Å²) in [6.45, 7) is 7.52. The Bertz CT molecular complexity index is 1040. The number of piperidine rings is 1. The van der Waals surface area contributed by atoms with E-state index in [-0.39, 0.29) is 5.41 Å². The lowest BCUT2D eigenvalue weighted by molar-refractivity contribution is 0.254. The van der Waals surface area contributed by atoms with Crippen LogP contribution in [0, 0.1) is 5.41 Å². The fraction of sp³-hybridized carbons (Fsp3) is 0.417. The monoisotopic (exact) mass is 454 g/mol. The van der Waals surface area contributed by atoms with Gasteiger partial charge in [-0.15, -0.1) is 0 Å². The Morgan fingerprint density at radius 2 is 1.87 bits per heavy atom. The van der Waals surface area contributed by atoms with Crippen molar-refractivity contribution in [1.29, 1.82) is 0 Å². The number of likely N-dealkylation sites (tertiary alicyclic amines) is 1. The Kier molecular flexibility index (Phi) is 5.49. The summed E-state index contributed by atoms with van der Waals surface area (Å²) in [4.78, 5) is 2.61. The van der Waals surface area contributed by atoms with E-state index in [1.165, 1.54) is 36.0 Å². The molecule has 0 bridgehead atoms. The first-order valence-electron chi connectivity index (χ1n) is 11.2. The van der Waals surface area contributed by atoms with Crippen LogP contribution < -0.4 is 15.3 Å². The van der Waals surface area contributed by atoms with Crippen molar-refractivity contribution in [3.8, 4) is 0 Å². The number of allylic oxidation sites excluding steroid dienone is 3. The minimum atomic E-state index is -2.34. The van der Waals surface area contributed by atoms with Crippen LogP contribution in [0.1, 0.15) is 45.3 Å². The number of hydrazine groups is 1. The van der Waals surface area contributed by atoms with Crippen LogP contribution in [-0.2, 0) is 18.4 Å². The number of furan rings is 1. The lowest BCUT2D eigenvalue weighted by Gasteiger charge is -2.39. The van der Waals surface area contributed by atoms with Gasteiger partial charge in [0.1, 0.15) is 12.1 Å². The Labute approximate surface area is 190 Å². The molecule has 3 heterocycles. The van der Waals surface area contributed by atoms with Crippen LogP contribution >= 0.6 is 6.34 Å². The van der Waals surface area contributed by atoms with E-state index < -0.39 is 6.34 Å². The van der Waals surface area contributed by atoms with Crippen molar-refractivity contribution in [3.63, 3.8) is 0 Å². The Morgan fingerprint density at radius 1 is 1.10 bits per heavy atom. The second kappa shape index (κ2) is 8.16. The molecule has 1 atom stereocenters. The number of nitrogens with one attached hydrogen (secondary N) is 2. The van der Waals surface area contributed by atoms with E-state index in [0.717, 1.165) is 31.0 Å². The number of nitrogens with zero attached hydrogens (tertiary/aromatic N) is 2. The zero-order chi connectivity index (χ0) is 21.5. The molecule has 5 nitrogen and oxygen atoms in total. The summed E-state index contributed by atoms with van der Waals surface area (Å²) >= 11 is 6.56. The zero-order valence-electron chi connectivity index (χ0n) is 18.3. The Morgan fingerprint density at radius 3 is 2.58 bits per heavy atom. The second-order valence-corrected chi connectivity index (χ2v) is 13.2. The topological polar surface area (TPSA) is 43.7 Å². The van der Waals surface area contributed by atoms with E-state index in [4.69, 9.17) is 16.2 Å². The fourth-order valence-electron chi connectivity index (χ4n) is 4.86. The molecule has 2 fully saturated rings. The van der Waals surface area contributed by atoms with E-state index in [1.54, 1.807) is 6.26 Å². The van der Waals surface area contributed by atoms with Gasteiger partial charge in [0, 0.05) is 18.8 Å². The number of hydrogen-bond acceptors (Lipinski definition) is 4. The molecule has 2 aromatic rings. The van der Waals surface area contributed by atoms with Gasteiger partial charge >= 0.3 is 0 Å². The van der Waals surface area contributed by atoms with Crippen LogP contribution in [0.25, 0.3) is 0 Å². The molecule has 0 amide bonds. The molecule has 1 aromatic heterocycles. The minimum Gasteiger partial charge on any atom is -0.468 e. The van der Waals surface area contributed by atoms with E-state index in [9.17, 15) is 0 Å². The third kappa shape index (κ3) is 3.97. The molecule has 31 heavy (non-hydrogen) atoms. The molecule has 164 valence electrons. The number of anilines is 1. The summed E-state index contributed by atoms with van der Waals surface area (Å²) in [7, 11) is 0. The predicted molar refractivity (Wildman–Crippen MR) is 131 cm³/mol. The number of hydrogen-bond donors (Lipinski definition) is 2.